The maximum Gasteiger partial charge on any atom is 0.490 e. The number of benzene rings is 4. The highest BCUT2D eigenvalue weighted by molar-refractivity contribution is 9.10. The average molecular weight is 696 g/mol. The van der Waals surface area contributed by atoms with Crippen molar-refractivity contribution < 1.29 is 19.5 Å². The number of hydrogen-bond acceptors (Lipinski definition) is 10. The van der Waals surface area contributed by atoms with Crippen molar-refractivity contribution in [2.75, 3.05) is 25.7 Å². The third kappa shape index (κ3) is 8.46. The van der Waals surface area contributed by atoms with E-state index >= 15 is 0 Å². The van der Waals surface area contributed by atoms with E-state index in [2.05, 4.69) is 35.9 Å². The largest absolute Gasteiger partial charge is 0.497 e. The summed E-state index contributed by atoms with van der Waals surface area (Å²) in [5, 5.41) is 20.6. The lowest BCUT2D eigenvalue weighted by molar-refractivity contribution is 0.412. The molecule has 0 spiro atoms. The van der Waals surface area contributed by atoms with E-state index in [-0.39, 0.29) is 11.4 Å². The predicted molar refractivity (Wildman–Crippen MR) is 180 cm³/mol. The number of nitrogens with zero attached hydrogens (tertiary/aromatic N) is 4. The van der Waals surface area contributed by atoms with Gasteiger partial charge in [-0.3, -0.25) is 0 Å². The van der Waals surface area contributed by atoms with Crippen LogP contribution in [0, 0.1) is 0 Å². The first-order valence-electron chi connectivity index (χ1n) is 12.8. The average Bonchev–Trinajstić information content (AvgIpc) is 3.02. The Kier molecular flexibility index (Phi) is 11.2. The third-order valence-electron chi connectivity index (χ3n) is 6.12. The van der Waals surface area contributed by atoms with Crippen LogP contribution in [0.15, 0.2) is 89.7 Å². The van der Waals surface area contributed by atoms with Gasteiger partial charge in [0, 0.05) is 48.7 Å². The Morgan fingerprint density at radius 3 is 1.84 bits per heavy atom. The lowest BCUT2D eigenvalue weighted by atomic mass is 9.80. The maximum absolute atomic E-state index is 8.84. The molecule has 0 radical (unpaired) electrons. The summed E-state index contributed by atoms with van der Waals surface area (Å²) in [5.74, 6) is 1.88. The zero-order valence-electron chi connectivity index (χ0n) is 23.4. The van der Waals surface area contributed by atoms with Crippen molar-refractivity contribution in [3.8, 4) is 22.6 Å². The summed E-state index contributed by atoms with van der Waals surface area (Å²) in [6.07, 6.45) is 3.41. The van der Waals surface area contributed by atoms with Crippen molar-refractivity contribution in [3.63, 3.8) is 0 Å². The second-order valence-electron chi connectivity index (χ2n) is 9.04. The van der Waals surface area contributed by atoms with E-state index in [0.717, 1.165) is 43.2 Å². The molecule has 44 heavy (non-hydrogen) atoms. The highest BCUT2D eigenvalue weighted by Gasteiger charge is 2.15. The van der Waals surface area contributed by atoms with Crippen LogP contribution >= 0.6 is 39.1 Å². The van der Waals surface area contributed by atoms with E-state index in [1.54, 1.807) is 31.6 Å². The van der Waals surface area contributed by atoms with Gasteiger partial charge in [0.2, 0.25) is 11.9 Å². The summed E-state index contributed by atoms with van der Waals surface area (Å²) in [6, 6.07) is 21.8. The van der Waals surface area contributed by atoms with Crippen LogP contribution in [0.1, 0.15) is 0 Å². The van der Waals surface area contributed by atoms with Gasteiger partial charge in [-0.1, -0.05) is 45.2 Å². The highest BCUT2D eigenvalue weighted by atomic mass is 79.9. The van der Waals surface area contributed by atoms with Gasteiger partial charge in [-0.2, -0.15) is 0 Å². The van der Waals surface area contributed by atoms with Crippen molar-refractivity contribution in [1.29, 1.82) is 0 Å². The number of ether oxygens (including phenoxy) is 2. The molecule has 0 unspecified atom stereocenters. The van der Waals surface area contributed by atoms with Crippen LogP contribution in [0.25, 0.3) is 32.9 Å². The molecule has 0 aliphatic heterocycles. The number of anilines is 2. The van der Waals surface area contributed by atoms with Gasteiger partial charge in [-0.05, 0) is 72.3 Å². The fraction of sp³-hybridized carbons (Fsp3) is 0.0667. The molecule has 0 aliphatic rings. The van der Waals surface area contributed by atoms with Crippen LogP contribution in [0.5, 0.6) is 11.5 Å². The Hall–Kier alpha value is -4.20. The van der Waals surface area contributed by atoms with Gasteiger partial charge in [0.05, 0.1) is 25.3 Å². The van der Waals surface area contributed by atoms with Crippen molar-refractivity contribution in [2.24, 2.45) is 0 Å². The SMILES string of the molecule is COc1ccc(Cl)c(-c2ccc3nc(N)ncc3c2)c1.COc1ccc(Cl)c(B(O)O)c1.Nc1ncc2cc(Br)ccc2n1. The van der Waals surface area contributed by atoms with Crippen molar-refractivity contribution in [1.82, 2.24) is 19.9 Å². The molecular formula is C30H26BBrCl2N6O4. The number of hydrogen-bond donors (Lipinski definition) is 4. The number of rotatable bonds is 4. The van der Waals surface area contributed by atoms with Crippen LogP contribution in [0.3, 0.4) is 0 Å². The zero-order valence-corrected chi connectivity index (χ0v) is 26.5. The van der Waals surface area contributed by atoms with Gasteiger partial charge < -0.3 is 31.0 Å². The summed E-state index contributed by atoms with van der Waals surface area (Å²) in [5.41, 5.74) is 14.8. The van der Waals surface area contributed by atoms with E-state index in [9.17, 15) is 0 Å². The van der Waals surface area contributed by atoms with Gasteiger partial charge in [0.1, 0.15) is 11.5 Å². The molecule has 6 N–H and O–H groups in total. The summed E-state index contributed by atoms with van der Waals surface area (Å²) in [7, 11) is 1.56. The van der Waals surface area contributed by atoms with Gasteiger partial charge in [0.15, 0.2) is 0 Å². The smallest absolute Gasteiger partial charge is 0.490 e. The van der Waals surface area contributed by atoms with Crippen LogP contribution in [0.4, 0.5) is 11.9 Å². The number of aromatic nitrogens is 4. The second-order valence-corrected chi connectivity index (χ2v) is 10.8. The summed E-state index contributed by atoms with van der Waals surface area (Å²) >= 11 is 15.3. The summed E-state index contributed by atoms with van der Waals surface area (Å²) < 4.78 is 11.1. The highest BCUT2D eigenvalue weighted by Crippen LogP contribution is 2.33. The molecule has 10 nitrogen and oxygen atoms in total. The van der Waals surface area contributed by atoms with E-state index in [4.69, 9.17) is 54.2 Å². The molecule has 0 saturated carbocycles. The van der Waals surface area contributed by atoms with Crippen LogP contribution < -0.4 is 26.4 Å². The minimum Gasteiger partial charge on any atom is -0.497 e. The number of fused-ring (bicyclic) bond motifs is 2. The van der Waals surface area contributed by atoms with Crippen molar-refractivity contribution in [2.45, 2.75) is 0 Å². The Morgan fingerprint density at radius 2 is 1.25 bits per heavy atom. The van der Waals surface area contributed by atoms with Crippen LogP contribution in [-0.4, -0.2) is 51.3 Å². The lowest BCUT2D eigenvalue weighted by Gasteiger charge is -2.08. The Labute approximate surface area is 271 Å². The third-order valence-corrected chi connectivity index (χ3v) is 7.29. The van der Waals surface area contributed by atoms with Gasteiger partial charge in [-0.15, -0.1) is 0 Å². The standard InChI is InChI=1S/C15H12ClN3O.C8H6BrN3.C7H8BClO3/c1-20-11-3-4-13(16)12(7-11)9-2-5-14-10(6-9)8-18-15(17)19-14;9-6-1-2-7-5(3-6)4-11-8(10)12-7;1-12-5-2-3-7(9)6(4-5)8(10)11/h2-8H,1H3,(H2,17,18,19);1-4H,(H2,10,11,12);2-4,10-11H,1H3. The summed E-state index contributed by atoms with van der Waals surface area (Å²) in [4.78, 5) is 16.1. The molecule has 0 saturated heterocycles. The van der Waals surface area contributed by atoms with Crippen molar-refractivity contribution >= 4 is 85.4 Å². The van der Waals surface area contributed by atoms with Crippen LogP contribution in [0.2, 0.25) is 10.0 Å². The van der Waals surface area contributed by atoms with E-state index in [1.165, 1.54) is 13.2 Å². The molecule has 0 fully saturated rings. The monoisotopic (exact) mass is 694 g/mol. The molecule has 0 aliphatic carbocycles. The maximum atomic E-state index is 8.84. The number of nitrogens with two attached hydrogens (primary N) is 2. The second kappa shape index (κ2) is 15.0. The first-order chi connectivity index (χ1) is 21.1. The Morgan fingerprint density at radius 1 is 0.705 bits per heavy atom. The number of nitrogen functional groups attached to an aromatic ring is 2. The normalized spacial score (nSPS) is 10.3. The molecule has 0 amide bonds. The van der Waals surface area contributed by atoms with Crippen LogP contribution in [-0.2, 0) is 0 Å². The van der Waals surface area contributed by atoms with Gasteiger partial charge in [-0.25, -0.2) is 19.9 Å². The molecule has 2 aromatic heterocycles. The van der Waals surface area contributed by atoms with E-state index in [0.29, 0.717) is 21.7 Å². The van der Waals surface area contributed by atoms with Crippen molar-refractivity contribution in [3.05, 3.63) is 99.7 Å². The van der Waals surface area contributed by atoms with Gasteiger partial charge in [0.25, 0.3) is 0 Å². The van der Waals surface area contributed by atoms with Gasteiger partial charge >= 0.3 is 7.12 Å². The molecule has 6 rings (SSSR count). The van der Waals surface area contributed by atoms with E-state index < -0.39 is 7.12 Å². The fourth-order valence-electron chi connectivity index (χ4n) is 3.93. The quantitative estimate of drug-likeness (QED) is 0.172. The minimum absolute atomic E-state index is 0.246. The minimum atomic E-state index is -1.56. The summed E-state index contributed by atoms with van der Waals surface area (Å²) in [6.45, 7) is 0. The number of methoxy groups -OCH3 is 2. The molecule has 0 bridgehead atoms. The topological polar surface area (TPSA) is 163 Å². The molecule has 6 aromatic rings. The molecule has 0 atom stereocenters. The first kappa shape index (κ1) is 32.7. The Bertz CT molecular complexity index is 1880. The molecule has 2 heterocycles. The molecular weight excluding hydrogens is 670 g/mol. The first-order valence-corrected chi connectivity index (χ1v) is 14.4. The Balaban J connectivity index is 0.000000160. The number of halogens is 3. The van der Waals surface area contributed by atoms with E-state index in [1.807, 2.05) is 54.6 Å². The molecule has 224 valence electrons. The zero-order chi connectivity index (χ0) is 31.8. The lowest BCUT2D eigenvalue weighted by Crippen LogP contribution is -2.30. The fourth-order valence-corrected chi connectivity index (χ4v) is 4.75. The predicted octanol–water partition coefficient (Wildman–Crippen LogP) is 5.54. The molecule has 14 heteroatoms. The molecule has 4 aromatic carbocycles.